The number of benzene rings is 1. The summed E-state index contributed by atoms with van der Waals surface area (Å²) in [6, 6.07) is 10.1. The topological polar surface area (TPSA) is 38.1 Å². The largest absolute Gasteiger partial charge is 0.461 e. The van der Waals surface area contributed by atoms with Gasteiger partial charge < -0.3 is 9.73 Å². The fourth-order valence-electron chi connectivity index (χ4n) is 2.54. The molecule has 21 heavy (non-hydrogen) atoms. The van der Waals surface area contributed by atoms with Crippen LogP contribution in [0.25, 0.3) is 11.0 Å². The summed E-state index contributed by atoms with van der Waals surface area (Å²) in [5.74, 6) is 1.02. The van der Waals surface area contributed by atoms with Gasteiger partial charge in [-0.15, -0.1) is 0 Å². The van der Waals surface area contributed by atoms with Gasteiger partial charge in [0.25, 0.3) is 0 Å². The smallest absolute Gasteiger partial charge is 0.152 e. The number of pyridine rings is 1. The predicted octanol–water partition coefficient (Wildman–Crippen LogP) is 4.96. The fourth-order valence-corrected chi connectivity index (χ4v) is 2.82. The van der Waals surface area contributed by atoms with Crippen LogP contribution in [-0.2, 0) is 13.0 Å². The molecule has 0 spiro atoms. The molecule has 3 nitrogen and oxygen atoms in total. The number of hydrogen-bond donors (Lipinski definition) is 1. The van der Waals surface area contributed by atoms with E-state index in [9.17, 15) is 0 Å². The molecule has 1 N–H and O–H groups in total. The summed E-state index contributed by atoms with van der Waals surface area (Å²) < 4.78 is 5.91. The quantitative estimate of drug-likeness (QED) is 0.692. The zero-order valence-corrected chi connectivity index (χ0v) is 12.9. The van der Waals surface area contributed by atoms with E-state index >= 15 is 0 Å². The molecule has 0 aliphatic rings. The third-order valence-corrected chi connectivity index (χ3v) is 3.94. The highest BCUT2D eigenvalue weighted by atomic mass is 35.5. The molecule has 1 aromatic carbocycles. The van der Waals surface area contributed by atoms with E-state index in [0.29, 0.717) is 11.7 Å². The first-order valence-electron chi connectivity index (χ1n) is 7.05. The normalized spacial score (nSPS) is 11.0. The molecule has 2 aromatic heterocycles. The van der Waals surface area contributed by atoms with Crippen molar-refractivity contribution in [3.8, 4) is 0 Å². The number of aromatic nitrogens is 1. The van der Waals surface area contributed by atoms with Crippen molar-refractivity contribution in [1.82, 2.24) is 4.98 Å². The Morgan fingerprint density at radius 2 is 2.05 bits per heavy atom. The Morgan fingerprint density at radius 1 is 1.24 bits per heavy atom. The number of nitrogens with zero attached hydrogens (tertiary/aromatic N) is 1. The van der Waals surface area contributed by atoms with Crippen molar-refractivity contribution in [1.29, 1.82) is 0 Å². The van der Waals surface area contributed by atoms with Crippen LogP contribution >= 0.6 is 11.6 Å². The van der Waals surface area contributed by atoms with Gasteiger partial charge in [-0.3, -0.25) is 0 Å². The van der Waals surface area contributed by atoms with E-state index < -0.39 is 0 Å². The molecule has 0 radical (unpaired) electrons. The third-order valence-electron chi connectivity index (χ3n) is 3.66. The minimum Gasteiger partial charge on any atom is -0.461 e. The summed E-state index contributed by atoms with van der Waals surface area (Å²) in [5.41, 5.74) is 4.08. The molecular formula is C17H17ClN2O. The molecule has 0 fully saturated rings. The van der Waals surface area contributed by atoms with Gasteiger partial charge in [0.15, 0.2) is 5.15 Å². The molecule has 3 rings (SSSR count). The average molecular weight is 301 g/mol. The summed E-state index contributed by atoms with van der Waals surface area (Å²) >= 11 is 6.16. The maximum Gasteiger partial charge on any atom is 0.152 e. The highest BCUT2D eigenvalue weighted by molar-refractivity contribution is 6.32. The van der Waals surface area contributed by atoms with Crippen molar-refractivity contribution in [2.45, 2.75) is 26.8 Å². The van der Waals surface area contributed by atoms with Crippen molar-refractivity contribution in [3.05, 3.63) is 58.6 Å². The maximum atomic E-state index is 6.16. The number of nitrogens with one attached hydrogen (secondary N) is 1. The van der Waals surface area contributed by atoms with E-state index in [1.165, 1.54) is 5.56 Å². The lowest BCUT2D eigenvalue weighted by molar-refractivity contribution is 0.551. The second-order valence-corrected chi connectivity index (χ2v) is 5.36. The van der Waals surface area contributed by atoms with E-state index in [1.54, 1.807) is 6.20 Å². The van der Waals surface area contributed by atoms with Gasteiger partial charge >= 0.3 is 0 Å². The van der Waals surface area contributed by atoms with Gasteiger partial charge in [-0.2, -0.15) is 0 Å². The summed E-state index contributed by atoms with van der Waals surface area (Å²) in [6.07, 6.45) is 2.58. The summed E-state index contributed by atoms with van der Waals surface area (Å²) in [7, 11) is 0. The van der Waals surface area contributed by atoms with Crippen LogP contribution in [0.3, 0.4) is 0 Å². The number of para-hydroxylation sites is 1. The number of anilines is 1. The van der Waals surface area contributed by atoms with Crippen LogP contribution in [0.2, 0.25) is 5.15 Å². The highest BCUT2D eigenvalue weighted by Gasteiger charge is 2.13. The minimum absolute atomic E-state index is 0.501. The average Bonchev–Trinajstić information content (AvgIpc) is 2.85. The molecule has 4 heteroatoms. The van der Waals surface area contributed by atoms with Crippen LogP contribution in [-0.4, -0.2) is 4.98 Å². The zero-order chi connectivity index (χ0) is 14.8. The second-order valence-electron chi connectivity index (χ2n) is 5.00. The number of halogens is 1. The number of furan rings is 1. The molecule has 0 saturated carbocycles. The molecule has 2 heterocycles. The van der Waals surface area contributed by atoms with Crippen molar-refractivity contribution >= 4 is 28.3 Å². The van der Waals surface area contributed by atoms with E-state index in [2.05, 4.69) is 23.3 Å². The Hall–Kier alpha value is -2.00. The van der Waals surface area contributed by atoms with Crippen molar-refractivity contribution < 1.29 is 4.42 Å². The van der Waals surface area contributed by atoms with E-state index in [1.807, 2.05) is 31.2 Å². The van der Waals surface area contributed by atoms with Crippen LogP contribution in [0.5, 0.6) is 0 Å². The van der Waals surface area contributed by atoms with Gasteiger partial charge in [0, 0.05) is 30.1 Å². The number of fused-ring (bicyclic) bond motifs is 1. The monoisotopic (exact) mass is 300 g/mol. The van der Waals surface area contributed by atoms with E-state index in [4.69, 9.17) is 16.0 Å². The van der Waals surface area contributed by atoms with Crippen LogP contribution in [0.15, 0.2) is 40.9 Å². The maximum absolute atomic E-state index is 6.16. The Balaban J connectivity index is 1.95. The van der Waals surface area contributed by atoms with Gasteiger partial charge in [0.2, 0.25) is 0 Å². The van der Waals surface area contributed by atoms with Crippen molar-refractivity contribution in [2.24, 2.45) is 0 Å². The Kier molecular flexibility index (Phi) is 3.84. The van der Waals surface area contributed by atoms with Gasteiger partial charge in [-0.25, -0.2) is 4.98 Å². The van der Waals surface area contributed by atoms with Gasteiger partial charge in [-0.1, -0.05) is 36.7 Å². The second kappa shape index (κ2) is 5.78. The third kappa shape index (κ3) is 2.61. The van der Waals surface area contributed by atoms with Crippen LogP contribution in [0.4, 0.5) is 5.69 Å². The first kappa shape index (κ1) is 14.0. The SMILES string of the molecule is CCc1oc2ccccc2c1CNc1c(C)ccnc1Cl. The lowest BCUT2D eigenvalue weighted by Gasteiger charge is -2.10. The molecule has 0 saturated heterocycles. The molecule has 0 unspecified atom stereocenters. The van der Waals surface area contributed by atoms with Gasteiger partial charge in [-0.05, 0) is 24.6 Å². The molecule has 3 aromatic rings. The Labute approximate surface area is 128 Å². The fraction of sp³-hybridized carbons (Fsp3) is 0.235. The van der Waals surface area contributed by atoms with E-state index in [0.717, 1.165) is 34.4 Å². The van der Waals surface area contributed by atoms with Crippen molar-refractivity contribution in [2.75, 3.05) is 5.32 Å². The molecule has 0 amide bonds. The molecular weight excluding hydrogens is 284 g/mol. The van der Waals surface area contributed by atoms with Crippen LogP contribution < -0.4 is 5.32 Å². The molecule has 0 bridgehead atoms. The predicted molar refractivity (Wildman–Crippen MR) is 86.9 cm³/mol. The lowest BCUT2D eigenvalue weighted by Crippen LogP contribution is -2.03. The van der Waals surface area contributed by atoms with Crippen molar-refractivity contribution in [3.63, 3.8) is 0 Å². The first-order valence-corrected chi connectivity index (χ1v) is 7.42. The van der Waals surface area contributed by atoms with Gasteiger partial charge in [0.1, 0.15) is 11.3 Å². The summed E-state index contributed by atoms with van der Waals surface area (Å²) in [6.45, 7) is 4.79. The lowest BCUT2D eigenvalue weighted by atomic mass is 10.1. The van der Waals surface area contributed by atoms with Gasteiger partial charge in [0.05, 0.1) is 5.69 Å². The standard InChI is InChI=1S/C17H17ClN2O/c1-3-14-13(12-6-4-5-7-15(12)21-14)10-20-16-11(2)8-9-19-17(16)18/h4-9,20H,3,10H2,1-2H3. The van der Waals surface area contributed by atoms with Crippen LogP contribution in [0.1, 0.15) is 23.8 Å². The molecule has 0 aliphatic heterocycles. The minimum atomic E-state index is 0.501. The number of aryl methyl sites for hydroxylation is 2. The molecule has 0 atom stereocenters. The summed E-state index contributed by atoms with van der Waals surface area (Å²) in [4.78, 5) is 4.12. The Bertz CT molecular complexity index is 759. The van der Waals surface area contributed by atoms with E-state index in [-0.39, 0.29) is 0 Å². The number of hydrogen-bond acceptors (Lipinski definition) is 3. The number of rotatable bonds is 4. The molecule has 0 aliphatic carbocycles. The zero-order valence-electron chi connectivity index (χ0n) is 12.1. The molecule has 108 valence electrons. The Morgan fingerprint density at radius 3 is 2.81 bits per heavy atom. The summed E-state index contributed by atoms with van der Waals surface area (Å²) in [5, 5.41) is 5.05. The first-order chi connectivity index (χ1) is 10.2. The highest BCUT2D eigenvalue weighted by Crippen LogP contribution is 2.29. The van der Waals surface area contributed by atoms with Crippen LogP contribution in [0, 0.1) is 6.92 Å².